The van der Waals surface area contributed by atoms with E-state index in [1.165, 1.54) is 11.1 Å². The Morgan fingerprint density at radius 2 is 1.61 bits per heavy atom. The molecule has 0 spiro atoms. The maximum atomic E-state index is 11.9. The van der Waals surface area contributed by atoms with Gasteiger partial charge in [-0.15, -0.1) is 0 Å². The maximum absolute atomic E-state index is 11.9. The molecule has 2 nitrogen and oxygen atoms in total. The smallest absolute Gasteiger partial charge is 0.342 e. The van der Waals surface area contributed by atoms with Crippen LogP contribution in [0.15, 0.2) is 66.4 Å². The lowest BCUT2D eigenvalue weighted by Gasteiger charge is -2.19. The zero-order chi connectivity index (χ0) is 16.9. The molecule has 2 aromatic rings. The molecule has 0 bridgehead atoms. The van der Waals surface area contributed by atoms with E-state index < -0.39 is 0 Å². The summed E-state index contributed by atoms with van der Waals surface area (Å²) >= 11 is 0. The van der Waals surface area contributed by atoms with Gasteiger partial charge >= 0.3 is 5.97 Å². The van der Waals surface area contributed by atoms with E-state index in [9.17, 15) is 4.79 Å². The van der Waals surface area contributed by atoms with Crippen LogP contribution < -0.4 is 0 Å². The fourth-order valence-electron chi connectivity index (χ4n) is 2.28. The Balaban J connectivity index is 1.96. The van der Waals surface area contributed by atoms with E-state index in [4.69, 9.17) is 4.74 Å². The Bertz CT molecular complexity index is 674. The van der Waals surface area contributed by atoms with E-state index in [-0.39, 0.29) is 11.4 Å². The second kappa shape index (κ2) is 7.28. The highest BCUT2D eigenvalue weighted by molar-refractivity contribution is 5.89. The average Bonchev–Trinajstić information content (AvgIpc) is 2.53. The second-order valence-electron chi connectivity index (χ2n) is 6.86. The number of benzene rings is 2. The zero-order valence-corrected chi connectivity index (χ0v) is 14.3. The van der Waals surface area contributed by atoms with Gasteiger partial charge in [0.05, 0.1) is 11.8 Å². The van der Waals surface area contributed by atoms with Crippen LogP contribution in [0.3, 0.4) is 0 Å². The Kier molecular flexibility index (Phi) is 5.38. The van der Waals surface area contributed by atoms with Gasteiger partial charge in [-0.05, 0) is 47.6 Å². The lowest BCUT2D eigenvalue weighted by Crippen LogP contribution is -2.10. The van der Waals surface area contributed by atoms with Gasteiger partial charge in [0.25, 0.3) is 0 Å². The van der Waals surface area contributed by atoms with Crippen LogP contribution in [0.2, 0.25) is 0 Å². The Morgan fingerprint density at radius 1 is 1.00 bits per heavy atom. The van der Waals surface area contributed by atoms with Gasteiger partial charge < -0.3 is 4.74 Å². The summed E-state index contributed by atoms with van der Waals surface area (Å²) in [5.41, 5.74) is 4.26. The van der Waals surface area contributed by atoms with Crippen molar-refractivity contribution >= 4 is 5.97 Å². The first-order valence-electron chi connectivity index (χ1n) is 7.87. The number of rotatable bonds is 4. The second-order valence-corrected chi connectivity index (χ2v) is 6.86. The highest BCUT2D eigenvalue weighted by Crippen LogP contribution is 2.22. The minimum atomic E-state index is -0.326. The molecule has 2 rings (SSSR count). The molecule has 0 saturated carbocycles. The molecule has 0 saturated heterocycles. The van der Waals surface area contributed by atoms with Gasteiger partial charge in [-0.25, -0.2) is 4.79 Å². The number of allylic oxidation sites excluding steroid dienone is 1. The third-order valence-electron chi connectivity index (χ3n) is 3.68. The molecule has 0 heterocycles. The summed E-state index contributed by atoms with van der Waals surface area (Å²) in [6, 6.07) is 17.6. The fourth-order valence-corrected chi connectivity index (χ4v) is 2.28. The summed E-state index contributed by atoms with van der Waals surface area (Å²) < 4.78 is 5.24. The number of ether oxygens (including phenoxy) is 1. The largest absolute Gasteiger partial charge is 0.431 e. The molecule has 0 amide bonds. The predicted octanol–water partition coefficient (Wildman–Crippen LogP) is 5.29. The quantitative estimate of drug-likeness (QED) is 0.567. The molecule has 2 aromatic carbocycles. The number of carbonyl (C=O) groups excluding carboxylic acids is 1. The van der Waals surface area contributed by atoms with Gasteiger partial charge in [0.2, 0.25) is 0 Å². The summed E-state index contributed by atoms with van der Waals surface area (Å²) in [6.07, 6.45) is 2.32. The minimum Gasteiger partial charge on any atom is -0.431 e. The zero-order valence-electron chi connectivity index (χ0n) is 14.3. The monoisotopic (exact) mass is 308 g/mol. The summed E-state index contributed by atoms with van der Waals surface area (Å²) in [5, 5.41) is 0. The van der Waals surface area contributed by atoms with Gasteiger partial charge in [-0.3, -0.25) is 0 Å². The van der Waals surface area contributed by atoms with Crippen LogP contribution in [-0.2, 0) is 16.6 Å². The normalized spacial score (nSPS) is 12.1. The van der Waals surface area contributed by atoms with Crippen molar-refractivity contribution in [3.8, 4) is 0 Å². The Labute approximate surface area is 138 Å². The Morgan fingerprint density at radius 3 is 2.17 bits per heavy atom. The van der Waals surface area contributed by atoms with Crippen LogP contribution >= 0.6 is 0 Å². The third-order valence-corrected chi connectivity index (χ3v) is 3.68. The standard InChI is InChI=1S/C21H24O2/c1-16(15-23-20(22)18-8-6-5-7-9-18)14-17-10-12-19(13-11-17)21(2,3)4/h5-13,15H,14H2,1-4H3. The van der Waals surface area contributed by atoms with Crippen molar-refractivity contribution in [3.63, 3.8) is 0 Å². The summed E-state index contributed by atoms with van der Waals surface area (Å²) in [7, 11) is 0. The van der Waals surface area contributed by atoms with Gasteiger partial charge in [-0.1, -0.05) is 63.2 Å². The van der Waals surface area contributed by atoms with E-state index in [0.717, 1.165) is 12.0 Å². The van der Waals surface area contributed by atoms with Crippen LogP contribution in [0.4, 0.5) is 0 Å². The predicted molar refractivity (Wildman–Crippen MR) is 94.5 cm³/mol. The number of hydrogen-bond acceptors (Lipinski definition) is 2. The van der Waals surface area contributed by atoms with Crippen molar-refractivity contribution in [3.05, 3.63) is 83.1 Å². The Hall–Kier alpha value is -2.35. The first-order chi connectivity index (χ1) is 10.9. The lowest BCUT2D eigenvalue weighted by molar-refractivity contribution is 0.0660. The molecule has 23 heavy (non-hydrogen) atoms. The molecule has 0 atom stereocenters. The molecule has 0 radical (unpaired) electrons. The molecule has 0 aliphatic rings. The lowest BCUT2D eigenvalue weighted by atomic mass is 9.86. The molecule has 0 fully saturated rings. The molecule has 0 unspecified atom stereocenters. The highest BCUT2D eigenvalue weighted by Gasteiger charge is 2.12. The van der Waals surface area contributed by atoms with Gasteiger partial charge in [0, 0.05) is 0 Å². The molecular weight excluding hydrogens is 284 g/mol. The van der Waals surface area contributed by atoms with Crippen LogP contribution in [0.5, 0.6) is 0 Å². The van der Waals surface area contributed by atoms with E-state index in [1.807, 2.05) is 25.1 Å². The number of esters is 1. The average molecular weight is 308 g/mol. The van der Waals surface area contributed by atoms with Crippen molar-refractivity contribution in [2.24, 2.45) is 0 Å². The topological polar surface area (TPSA) is 26.3 Å². The van der Waals surface area contributed by atoms with Crippen molar-refractivity contribution in [2.75, 3.05) is 0 Å². The van der Waals surface area contributed by atoms with Crippen LogP contribution in [-0.4, -0.2) is 5.97 Å². The summed E-state index contributed by atoms with van der Waals surface area (Å²) in [4.78, 5) is 11.9. The summed E-state index contributed by atoms with van der Waals surface area (Å²) in [6.45, 7) is 8.58. The van der Waals surface area contributed by atoms with Crippen LogP contribution in [0, 0.1) is 0 Å². The van der Waals surface area contributed by atoms with Gasteiger partial charge in [-0.2, -0.15) is 0 Å². The van der Waals surface area contributed by atoms with Gasteiger partial charge in [0.1, 0.15) is 0 Å². The van der Waals surface area contributed by atoms with Gasteiger partial charge in [0.15, 0.2) is 0 Å². The molecule has 2 heteroatoms. The molecule has 0 aromatic heterocycles. The van der Waals surface area contributed by atoms with E-state index in [2.05, 4.69) is 45.0 Å². The number of carbonyl (C=O) groups is 1. The molecule has 0 aliphatic heterocycles. The van der Waals surface area contributed by atoms with Crippen molar-refractivity contribution in [1.29, 1.82) is 0 Å². The van der Waals surface area contributed by atoms with E-state index in [1.54, 1.807) is 18.4 Å². The molecule has 0 N–H and O–H groups in total. The third kappa shape index (κ3) is 5.10. The van der Waals surface area contributed by atoms with Crippen LogP contribution in [0.25, 0.3) is 0 Å². The molecular formula is C21H24O2. The van der Waals surface area contributed by atoms with Crippen molar-refractivity contribution in [2.45, 2.75) is 39.5 Å². The first-order valence-corrected chi connectivity index (χ1v) is 7.87. The van der Waals surface area contributed by atoms with E-state index >= 15 is 0 Å². The molecule has 0 aliphatic carbocycles. The highest BCUT2D eigenvalue weighted by atomic mass is 16.5. The van der Waals surface area contributed by atoms with Crippen molar-refractivity contribution < 1.29 is 9.53 Å². The van der Waals surface area contributed by atoms with E-state index in [0.29, 0.717) is 5.56 Å². The maximum Gasteiger partial charge on any atom is 0.342 e. The first kappa shape index (κ1) is 17.0. The summed E-state index contributed by atoms with van der Waals surface area (Å²) in [5.74, 6) is -0.326. The minimum absolute atomic E-state index is 0.161. The number of hydrogen-bond donors (Lipinski definition) is 0. The van der Waals surface area contributed by atoms with Crippen LogP contribution in [0.1, 0.15) is 49.2 Å². The molecule has 120 valence electrons. The fraction of sp³-hybridized carbons (Fsp3) is 0.286. The van der Waals surface area contributed by atoms with Crippen molar-refractivity contribution in [1.82, 2.24) is 0 Å². The SMILES string of the molecule is CC(=COC(=O)c1ccccc1)Cc1ccc(C(C)(C)C)cc1.